The van der Waals surface area contributed by atoms with Gasteiger partial charge in [0, 0.05) is 19.5 Å². The Morgan fingerprint density at radius 1 is 0.871 bits per heavy atom. The third-order valence-corrected chi connectivity index (χ3v) is 10.5. The molecule has 166 valence electrons. The lowest BCUT2D eigenvalue weighted by Crippen LogP contribution is -2.66. The Kier molecular flexibility index (Phi) is 6.65. The molecule has 4 nitrogen and oxygen atoms in total. The molecule has 0 saturated heterocycles. The molecule has 2 aromatic carbocycles. The van der Waals surface area contributed by atoms with Gasteiger partial charge in [-0.05, 0) is 42.3 Å². The second kappa shape index (κ2) is 8.91. The summed E-state index contributed by atoms with van der Waals surface area (Å²) < 4.78 is 12.6. The Morgan fingerprint density at radius 3 is 1.77 bits per heavy atom. The lowest BCUT2D eigenvalue weighted by molar-refractivity contribution is 0.0258. The molecule has 1 heterocycles. The number of rotatable bonds is 4. The van der Waals surface area contributed by atoms with E-state index in [2.05, 4.69) is 81.4 Å². The van der Waals surface area contributed by atoms with Crippen molar-refractivity contribution in [1.82, 2.24) is 4.90 Å². The Bertz CT molecular complexity index is 872. The van der Waals surface area contributed by atoms with Crippen molar-refractivity contribution in [2.75, 3.05) is 13.1 Å². The molecule has 31 heavy (non-hydrogen) atoms. The fraction of sp³-hybridized carbons (Fsp3) is 0.423. The first-order chi connectivity index (χ1) is 14.5. The molecule has 2 aromatic rings. The van der Waals surface area contributed by atoms with Gasteiger partial charge >= 0.3 is 14.4 Å². The molecule has 3 rings (SSSR count). The van der Waals surface area contributed by atoms with Gasteiger partial charge in [-0.2, -0.15) is 0 Å². The van der Waals surface area contributed by atoms with E-state index in [-0.39, 0.29) is 11.1 Å². The molecule has 0 aliphatic carbocycles. The summed E-state index contributed by atoms with van der Waals surface area (Å²) in [6.45, 7) is 13.6. The van der Waals surface area contributed by atoms with Crippen molar-refractivity contribution in [2.24, 2.45) is 0 Å². The van der Waals surface area contributed by atoms with Gasteiger partial charge in [0.25, 0.3) is 0 Å². The average molecular weight is 438 g/mol. The third-order valence-electron chi connectivity index (χ3n) is 5.52. The van der Waals surface area contributed by atoms with Crippen LogP contribution in [-0.2, 0) is 9.16 Å². The average Bonchev–Trinajstić information content (AvgIpc) is 2.71. The molecule has 1 amide bonds. The van der Waals surface area contributed by atoms with Crippen LogP contribution in [0.4, 0.5) is 4.79 Å². The van der Waals surface area contributed by atoms with Gasteiger partial charge in [0.15, 0.2) is 0 Å². The van der Waals surface area contributed by atoms with Crippen molar-refractivity contribution in [3.8, 4) is 0 Å². The molecule has 0 radical (unpaired) electrons. The highest BCUT2D eigenvalue weighted by molar-refractivity contribution is 6.99. The molecule has 0 atom stereocenters. The summed E-state index contributed by atoms with van der Waals surface area (Å²) in [6, 6.07) is 21.2. The maximum absolute atomic E-state index is 12.5. The summed E-state index contributed by atoms with van der Waals surface area (Å²) in [6.07, 6.45) is 2.46. The monoisotopic (exact) mass is 437 g/mol. The molecule has 0 bridgehead atoms. The summed E-state index contributed by atoms with van der Waals surface area (Å²) >= 11 is 0. The van der Waals surface area contributed by atoms with Crippen LogP contribution in [0.1, 0.15) is 48.0 Å². The first-order valence-corrected chi connectivity index (χ1v) is 12.9. The largest absolute Gasteiger partial charge is 0.537 e. The zero-order valence-electron chi connectivity index (χ0n) is 19.6. The van der Waals surface area contributed by atoms with E-state index in [0.717, 1.165) is 5.76 Å². The van der Waals surface area contributed by atoms with Gasteiger partial charge in [0.2, 0.25) is 0 Å². The maximum Gasteiger partial charge on any atom is 0.410 e. The van der Waals surface area contributed by atoms with Crippen LogP contribution in [-0.4, -0.2) is 38.0 Å². The van der Waals surface area contributed by atoms with E-state index in [4.69, 9.17) is 9.16 Å². The van der Waals surface area contributed by atoms with Crippen LogP contribution in [0.5, 0.6) is 0 Å². The van der Waals surface area contributed by atoms with E-state index in [9.17, 15) is 4.79 Å². The van der Waals surface area contributed by atoms with Crippen LogP contribution in [0.25, 0.3) is 0 Å². The molecule has 1 aliphatic rings. The zero-order valence-corrected chi connectivity index (χ0v) is 20.6. The topological polar surface area (TPSA) is 38.8 Å². The number of hydrogen-bond donors (Lipinski definition) is 0. The minimum absolute atomic E-state index is 0.0845. The van der Waals surface area contributed by atoms with E-state index in [1.54, 1.807) is 4.90 Å². The number of ether oxygens (including phenoxy) is 1. The molecule has 5 heteroatoms. The number of amides is 1. The normalized spacial score (nSPS) is 15.3. The van der Waals surface area contributed by atoms with Crippen molar-refractivity contribution in [3.05, 3.63) is 72.5 Å². The van der Waals surface area contributed by atoms with Gasteiger partial charge in [-0.1, -0.05) is 81.4 Å². The lowest BCUT2D eigenvalue weighted by atomic mass is 10.2. The Balaban J connectivity index is 1.95. The predicted octanol–water partition coefficient (Wildman–Crippen LogP) is 5.09. The Morgan fingerprint density at radius 2 is 1.39 bits per heavy atom. The van der Waals surface area contributed by atoms with E-state index in [0.29, 0.717) is 19.5 Å². The van der Waals surface area contributed by atoms with Gasteiger partial charge in [0.05, 0.1) is 5.76 Å². The van der Waals surface area contributed by atoms with Crippen molar-refractivity contribution < 1.29 is 14.0 Å². The van der Waals surface area contributed by atoms with Crippen molar-refractivity contribution in [1.29, 1.82) is 0 Å². The predicted molar refractivity (Wildman–Crippen MR) is 129 cm³/mol. The van der Waals surface area contributed by atoms with E-state index in [1.807, 2.05) is 26.8 Å². The zero-order chi connectivity index (χ0) is 22.7. The first-order valence-electron chi connectivity index (χ1n) is 11.0. The molecular formula is C26H35NO3Si. The van der Waals surface area contributed by atoms with Crippen LogP contribution in [0.15, 0.2) is 72.5 Å². The molecule has 0 N–H and O–H groups in total. The third kappa shape index (κ3) is 5.21. The smallest absolute Gasteiger partial charge is 0.410 e. The molecular weight excluding hydrogens is 402 g/mol. The Labute approximate surface area is 188 Å². The molecule has 0 saturated carbocycles. The van der Waals surface area contributed by atoms with Crippen molar-refractivity contribution in [3.63, 3.8) is 0 Å². The standard InChI is InChI=1S/C26H35NO3Si/c1-25(2,3)29-24(28)27-19-17-21(18-20-27)30-31(26(4,5)6,22-13-9-7-10-14-22)23-15-11-8-12-16-23/h7-17H,18-20H2,1-6H3. The molecule has 0 unspecified atom stereocenters. The number of carbonyl (C=O) groups is 1. The van der Waals surface area contributed by atoms with Gasteiger partial charge in [-0.15, -0.1) is 0 Å². The molecule has 0 aromatic heterocycles. The highest BCUT2D eigenvalue weighted by Gasteiger charge is 2.52. The van der Waals surface area contributed by atoms with Crippen molar-refractivity contribution >= 4 is 24.8 Å². The quantitative estimate of drug-likeness (QED) is 0.626. The first kappa shape index (κ1) is 23.1. The van der Waals surface area contributed by atoms with Gasteiger partial charge < -0.3 is 14.1 Å². The summed E-state index contributed by atoms with van der Waals surface area (Å²) in [4.78, 5) is 14.2. The number of carbonyl (C=O) groups excluding carboxylic acids is 1. The van der Waals surface area contributed by atoms with E-state index >= 15 is 0 Å². The van der Waals surface area contributed by atoms with Crippen molar-refractivity contribution in [2.45, 2.75) is 58.6 Å². The second-order valence-corrected chi connectivity index (χ2v) is 14.3. The molecule has 1 aliphatic heterocycles. The highest BCUT2D eigenvalue weighted by atomic mass is 28.4. The minimum Gasteiger partial charge on any atom is -0.537 e. The van der Waals surface area contributed by atoms with Crippen LogP contribution in [0, 0.1) is 0 Å². The number of nitrogens with zero attached hydrogens (tertiary/aromatic N) is 1. The number of hydrogen-bond acceptors (Lipinski definition) is 3. The fourth-order valence-corrected chi connectivity index (χ4v) is 8.59. The molecule has 0 spiro atoms. The fourth-order valence-electron chi connectivity index (χ4n) is 4.08. The van der Waals surface area contributed by atoms with Gasteiger partial charge in [-0.25, -0.2) is 4.79 Å². The van der Waals surface area contributed by atoms with Gasteiger partial charge in [-0.3, -0.25) is 0 Å². The lowest BCUT2D eigenvalue weighted by Gasteiger charge is -2.44. The van der Waals surface area contributed by atoms with Crippen LogP contribution in [0.3, 0.4) is 0 Å². The highest BCUT2D eigenvalue weighted by Crippen LogP contribution is 2.38. The minimum atomic E-state index is -2.63. The van der Waals surface area contributed by atoms with Crippen LogP contribution < -0.4 is 10.4 Å². The summed E-state index contributed by atoms with van der Waals surface area (Å²) in [7, 11) is -2.63. The van der Waals surface area contributed by atoms with Crippen LogP contribution >= 0.6 is 0 Å². The Hall–Kier alpha value is -2.53. The summed E-state index contributed by atoms with van der Waals surface area (Å²) in [5.41, 5.74) is -0.494. The van der Waals surface area contributed by atoms with E-state index < -0.39 is 13.9 Å². The van der Waals surface area contributed by atoms with Gasteiger partial charge in [0.1, 0.15) is 5.60 Å². The molecule has 0 fully saturated rings. The maximum atomic E-state index is 12.5. The van der Waals surface area contributed by atoms with Crippen LogP contribution in [0.2, 0.25) is 5.04 Å². The second-order valence-electron chi connectivity index (χ2n) is 10.1. The van der Waals surface area contributed by atoms with E-state index in [1.165, 1.54) is 10.4 Å². The summed E-state index contributed by atoms with van der Waals surface area (Å²) in [5.74, 6) is 0.967. The summed E-state index contributed by atoms with van der Waals surface area (Å²) in [5, 5.41) is 2.42. The SMILES string of the molecule is CC(C)(C)OC(=O)N1CC=C(O[Si](c2ccccc2)(c2ccccc2)C(C)(C)C)CC1. The number of benzene rings is 2.